The van der Waals surface area contributed by atoms with E-state index in [1.807, 2.05) is 6.92 Å². The molecule has 0 aromatic rings. The fourth-order valence-electron chi connectivity index (χ4n) is 8.10. The molecule has 39 heavy (non-hydrogen) atoms. The van der Waals surface area contributed by atoms with Crippen LogP contribution in [0.15, 0.2) is 16.8 Å². The Labute approximate surface area is 232 Å². The monoisotopic (exact) mass is 545 g/mol. The molecule has 4 rings (SSSR count). The molecule has 8 atom stereocenters. The zero-order chi connectivity index (χ0) is 28.4. The zero-order valence-electron chi connectivity index (χ0n) is 24.0. The lowest BCUT2D eigenvalue weighted by Crippen LogP contribution is -2.51. The van der Waals surface area contributed by atoms with Gasteiger partial charge in [-0.1, -0.05) is 44.3 Å². The highest BCUT2D eigenvalue weighted by Gasteiger charge is 2.58. The SMILES string of the molecule is CCCCC(NC(=O)C(C)NC(=O)CON=C1C=C2CCC3C4CCC(O)[C@@]4(C)CCC3[C@@]2(C)CC1)C(=O)O. The molecule has 9 nitrogen and oxygen atoms in total. The third-order valence-electron chi connectivity index (χ3n) is 10.5. The summed E-state index contributed by atoms with van der Waals surface area (Å²) < 4.78 is 0. The van der Waals surface area contributed by atoms with Gasteiger partial charge in [0.15, 0.2) is 6.61 Å². The Bertz CT molecular complexity index is 1010. The number of aliphatic hydroxyl groups excluding tert-OH is 1. The summed E-state index contributed by atoms with van der Waals surface area (Å²) in [7, 11) is 0. The Balaban J connectivity index is 1.28. The van der Waals surface area contributed by atoms with Crippen molar-refractivity contribution in [2.24, 2.45) is 33.7 Å². The Morgan fingerprint density at radius 2 is 1.87 bits per heavy atom. The summed E-state index contributed by atoms with van der Waals surface area (Å²) in [5, 5.41) is 29.3. The number of rotatable bonds is 10. The van der Waals surface area contributed by atoms with E-state index >= 15 is 0 Å². The number of carboxylic acid groups (broad SMARTS) is 1. The smallest absolute Gasteiger partial charge is 0.326 e. The zero-order valence-corrected chi connectivity index (χ0v) is 24.0. The van der Waals surface area contributed by atoms with Gasteiger partial charge in [-0.3, -0.25) is 9.59 Å². The largest absolute Gasteiger partial charge is 0.480 e. The van der Waals surface area contributed by atoms with Crippen LogP contribution >= 0.6 is 0 Å². The van der Waals surface area contributed by atoms with Gasteiger partial charge in [0.25, 0.3) is 5.91 Å². The number of nitrogens with one attached hydrogen (secondary N) is 2. The van der Waals surface area contributed by atoms with Crippen LogP contribution in [0.2, 0.25) is 0 Å². The highest BCUT2D eigenvalue weighted by molar-refractivity contribution is 5.96. The first-order chi connectivity index (χ1) is 18.5. The summed E-state index contributed by atoms with van der Waals surface area (Å²) in [6.45, 7) is 7.88. The van der Waals surface area contributed by atoms with E-state index in [4.69, 9.17) is 4.84 Å². The number of hydrogen-bond donors (Lipinski definition) is 4. The topological polar surface area (TPSA) is 137 Å². The van der Waals surface area contributed by atoms with Crippen molar-refractivity contribution in [3.63, 3.8) is 0 Å². The summed E-state index contributed by atoms with van der Waals surface area (Å²) in [5.41, 5.74) is 2.52. The number of aliphatic hydroxyl groups is 1. The first-order valence-corrected chi connectivity index (χ1v) is 14.9. The maximum Gasteiger partial charge on any atom is 0.326 e. The first kappa shape index (κ1) is 29.6. The van der Waals surface area contributed by atoms with Gasteiger partial charge in [0.1, 0.15) is 12.1 Å². The molecule has 4 aliphatic rings. The molecule has 3 saturated carbocycles. The van der Waals surface area contributed by atoms with Crippen molar-refractivity contribution >= 4 is 23.5 Å². The van der Waals surface area contributed by atoms with Crippen molar-refractivity contribution in [1.29, 1.82) is 0 Å². The number of oxime groups is 1. The van der Waals surface area contributed by atoms with Crippen LogP contribution in [0.3, 0.4) is 0 Å². The summed E-state index contributed by atoms with van der Waals surface area (Å²) >= 11 is 0. The third kappa shape index (κ3) is 6.03. The van der Waals surface area contributed by atoms with Crippen LogP contribution in [0.5, 0.6) is 0 Å². The molecule has 4 N–H and O–H groups in total. The van der Waals surface area contributed by atoms with Gasteiger partial charge in [-0.15, -0.1) is 0 Å². The number of carboxylic acids is 1. The predicted octanol–water partition coefficient (Wildman–Crippen LogP) is 3.95. The highest BCUT2D eigenvalue weighted by atomic mass is 16.6. The first-order valence-electron chi connectivity index (χ1n) is 14.9. The van der Waals surface area contributed by atoms with Gasteiger partial charge in [-0.2, -0.15) is 0 Å². The Morgan fingerprint density at radius 3 is 2.59 bits per heavy atom. The second-order valence-electron chi connectivity index (χ2n) is 12.8. The van der Waals surface area contributed by atoms with Crippen molar-refractivity contribution in [2.45, 2.75) is 117 Å². The van der Waals surface area contributed by atoms with Crippen molar-refractivity contribution < 1.29 is 29.4 Å². The number of carbonyl (C=O) groups is 3. The summed E-state index contributed by atoms with van der Waals surface area (Å²) in [6.07, 6.45) is 12.3. The molecule has 218 valence electrons. The molecule has 0 heterocycles. The fourth-order valence-corrected chi connectivity index (χ4v) is 8.10. The number of unbranched alkanes of at least 4 members (excludes halogenated alkanes) is 1. The lowest BCUT2D eigenvalue weighted by Gasteiger charge is -2.57. The normalized spacial score (nSPS) is 36.0. The minimum atomic E-state index is -1.08. The van der Waals surface area contributed by atoms with Crippen LogP contribution in [0.4, 0.5) is 0 Å². The number of fused-ring (bicyclic) bond motifs is 5. The van der Waals surface area contributed by atoms with Crippen LogP contribution in [-0.2, 0) is 19.2 Å². The van der Waals surface area contributed by atoms with E-state index in [-0.39, 0.29) is 23.5 Å². The van der Waals surface area contributed by atoms with Crippen molar-refractivity contribution in [1.82, 2.24) is 10.6 Å². The molecule has 0 aromatic heterocycles. The van der Waals surface area contributed by atoms with Crippen LogP contribution in [0.25, 0.3) is 0 Å². The predicted molar refractivity (Wildman–Crippen MR) is 148 cm³/mol. The van der Waals surface area contributed by atoms with E-state index in [1.165, 1.54) is 18.9 Å². The number of hydrogen-bond acceptors (Lipinski definition) is 6. The van der Waals surface area contributed by atoms with E-state index in [1.54, 1.807) is 0 Å². The highest BCUT2D eigenvalue weighted by Crippen LogP contribution is 2.65. The van der Waals surface area contributed by atoms with Crippen LogP contribution in [-0.4, -0.2) is 58.5 Å². The second kappa shape index (κ2) is 12.0. The minimum Gasteiger partial charge on any atom is -0.480 e. The lowest BCUT2D eigenvalue weighted by molar-refractivity contribution is -0.142. The maximum atomic E-state index is 12.4. The Morgan fingerprint density at radius 1 is 1.10 bits per heavy atom. The fraction of sp³-hybridized carbons (Fsp3) is 0.800. The molecule has 0 bridgehead atoms. The van der Waals surface area contributed by atoms with E-state index in [0.717, 1.165) is 57.1 Å². The van der Waals surface area contributed by atoms with Crippen LogP contribution < -0.4 is 10.6 Å². The molecule has 2 amide bonds. The lowest BCUT2D eigenvalue weighted by atomic mass is 9.47. The molecular weight excluding hydrogens is 498 g/mol. The number of allylic oxidation sites excluding steroid dienone is 2. The van der Waals surface area contributed by atoms with Crippen molar-refractivity contribution in [3.8, 4) is 0 Å². The van der Waals surface area contributed by atoms with E-state index < -0.39 is 29.9 Å². The number of amides is 2. The molecule has 3 fully saturated rings. The van der Waals surface area contributed by atoms with Gasteiger partial charge in [0, 0.05) is 0 Å². The third-order valence-corrected chi connectivity index (χ3v) is 10.5. The Hall–Kier alpha value is -2.42. The second-order valence-corrected chi connectivity index (χ2v) is 12.8. The molecule has 4 aliphatic carbocycles. The maximum absolute atomic E-state index is 12.4. The standard InChI is InChI=1S/C30H47N3O6/c1-5-6-7-24(28(37)38)32-27(36)18(2)31-26(35)17-39-33-20-12-14-29(3)19(16-20)8-9-21-22-10-11-25(34)30(22,4)15-13-23(21)29/h16,18,21-25,34H,5-15,17H2,1-4H3,(H,31,35)(H,32,36)(H,37,38)/t18?,21?,22?,23?,24?,25?,29-,30-/m0/s1. The molecule has 6 unspecified atom stereocenters. The molecular formula is C30H47N3O6. The summed E-state index contributed by atoms with van der Waals surface area (Å²) in [5.74, 6) is -0.166. The molecule has 0 saturated heterocycles. The van der Waals surface area contributed by atoms with Crippen molar-refractivity contribution in [3.05, 3.63) is 11.6 Å². The van der Waals surface area contributed by atoms with Gasteiger partial charge in [0.2, 0.25) is 5.91 Å². The summed E-state index contributed by atoms with van der Waals surface area (Å²) in [4.78, 5) is 41.4. The van der Waals surface area contributed by atoms with Gasteiger partial charge in [-0.05, 0) is 99.4 Å². The van der Waals surface area contributed by atoms with Gasteiger partial charge in [-0.25, -0.2) is 4.79 Å². The van der Waals surface area contributed by atoms with E-state index in [2.05, 4.69) is 35.7 Å². The number of aliphatic carboxylic acids is 1. The molecule has 0 aliphatic heterocycles. The van der Waals surface area contributed by atoms with Crippen LogP contribution in [0.1, 0.15) is 98.3 Å². The molecule has 0 radical (unpaired) electrons. The molecule has 9 heteroatoms. The number of carbonyl (C=O) groups excluding carboxylic acids is 2. The van der Waals surface area contributed by atoms with Crippen molar-refractivity contribution in [2.75, 3.05) is 6.61 Å². The van der Waals surface area contributed by atoms with Gasteiger partial charge < -0.3 is 25.7 Å². The quantitative estimate of drug-likeness (QED) is 0.307. The minimum absolute atomic E-state index is 0.0830. The average molecular weight is 546 g/mol. The van der Waals surface area contributed by atoms with E-state index in [0.29, 0.717) is 30.6 Å². The van der Waals surface area contributed by atoms with Gasteiger partial charge >= 0.3 is 5.97 Å². The average Bonchev–Trinajstić information content (AvgIpc) is 3.20. The Kier molecular flexibility index (Phi) is 9.08. The molecule has 0 aromatic carbocycles. The van der Waals surface area contributed by atoms with E-state index in [9.17, 15) is 24.6 Å². The van der Waals surface area contributed by atoms with Crippen LogP contribution in [0, 0.1) is 28.6 Å². The van der Waals surface area contributed by atoms with Gasteiger partial charge in [0.05, 0.1) is 11.8 Å². The summed E-state index contributed by atoms with van der Waals surface area (Å²) in [6, 6.07) is -1.86. The molecule has 0 spiro atoms. The number of nitrogens with zero attached hydrogens (tertiary/aromatic N) is 1.